The molecule has 2 rings (SSSR count). The summed E-state index contributed by atoms with van der Waals surface area (Å²) in [4.78, 5) is 41.2. The van der Waals surface area contributed by atoms with Crippen molar-refractivity contribution in [2.75, 3.05) is 7.05 Å². The first-order valence-electron chi connectivity index (χ1n) is 12.7. The van der Waals surface area contributed by atoms with Crippen LogP contribution in [0.25, 0.3) is 6.08 Å². The standard InChI is InChI=1S/C28H43N3O4/c1-8-20-13-12-14-21(18-20)24(25(32)29-22-15-10-9-11-16-22)31(7)26(33)23(17-19(2)3)30-27(34)35-28(4,5)6/h8,12-14,18-19,22-24H,1,9-11,15-17H2,2-7H3,(H,29,32)(H,30,34). The summed E-state index contributed by atoms with van der Waals surface area (Å²) in [6, 6.07) is 5.94. The van der Waals surface area contributed by atoms with Crippen molar-refractivity contribution in [2.24, 2.45) is 5.92 Å². The first-order valence-corrected chi connectivity index (χ1v) is 12.7. The van der Waals surface area contributed by atoms with Gasteiger partial charge in [0.1, 0.15) is 17.7 Å². The van der Waals surface area contributed by atoms with E-state index >= 15 is 0 Å². The number of alkyl carbamates (subject to hydrolysis) is 1. The Morgan fingerprint density at radius 1 is 1.17 bits per heavy atom. The summed E-state index contributed by atoms with van der Waals surface area (Å²) >= 11 is 0. The highest BCUT2D eigenvalue weighted by Crippen LogP contribution is 2.25. The van der Waals surface area contributed by atoms with E-state index in [1.54, 1.807) is 33.9 Å². The Bertz CT molecular complexity index is 884. The minimum Gasteiger partial charge on any atom is -0.444 e. The molecule has 2 atom stereocenters. The number of hydrogen-bond donors (Lipinski definition) is 2. The molecule has 0 aliphatic heterocycles. The molecule has 7 nitrogen and oxygen atoms in total. The van der Waals surface area contributed by atoms with Gasteiger partial charge in [0.05, 0.1) is 0 Å². The van der Waals surface area contributed by atoms with E-state index in [1.807, 2.05) is 38.1 Å². The molecule has 2 unspecified atom stereocenters. The quantitative estimate of drug-likeness (QED) is 0.502. The van der Waals surface area contributed by atoms with Crippen molar-refractivity contribution in [1.29, 1.82) is 0 Å². The van der Waals surface area contributed by atoms with Crippen molar-refractivity contribution >= 4 is 24.0 Å². The summed E-state index contributed by atoms with van der Waals surface area (Å²) < 4.78 is 5.39. The predicted molar refractivity (Wildman–Crippen MR) is 140 cm³/mol. The fourth-order valence-electron chi connectivity index (χ4n) is 4.45. The molecule has 2 N–H and O–H groups in total. The molecule has 0 radical (unpaired) electrons. The van der Waals surface area contributed by atoms with Crippen LogP contribution in [0.4, 0.5) is 4.79 Å². The highest BCUT2D eigenvalue weighted by molar-refractivity contribution is 5.92. The number of benzene rings is 1. The maximum absolute atomic E-state index is 13.7. The lowest BCUT2D eigenvalue weighted by molar-refractivity contribution is -0.141. The molecule has 7 heteroatoms. The third-order valence-corrected chi connectivity index (χ3v) is 6.09. The second-order valence-electron chi connectivity index (χ2n) is 10.9. The zero-order valence-corrected chi connectivity index (χ0v) is 22.2. The van der Waals surface area contributed by atoms with Gasteiger partial charge < -0.3 is 20.3 Å². The van der Waals surface area contributed by atoms with Crippen LogP contribution in [-0.2, 0) is 14.3 Å². The Labute approximate surface area is 210 Å². The normalized spacial score (nSPS) is 16.2. The van der Waals surface area contributed by atoms with Crippen LogP contribution in [0, 0.1) is 5.92 Å². The van der Waals surface area contributed by atoms with E-state index in [9.17, 15) is 14.4 Å². The van der Waals surface area contributed by atoms with Crippen molar-refractivity contribution in [2.45, 2.75) is 96.9 Å². The highest BCUT2D eigenvalue weighted by atomic mass is 16.6. The molecule has 0 saturated heterocycles. The molecule has 0 aromatic heterocycles. The molecule has 194 valence electrons. The number of likely N-dealkylation sites (N-methyl/N-ethyl adjacent to an activating group) is 1. The van der Waals surface area contributed by atoms with Crippen LogP contribution in [-0.4, -0.2) is 47.5 Å². The van der Waals surface area contributed by atoms with Crippen LogP contribution in [0.15, 0.2) is 30.8 Å². The molecule has 1 aromatic rings. The smallest absolute Gasteiger partial charge is 0.408 e. The Balaban J connectivity index is 2.33. The molecular formula is C28H43N3O4. The summed E-state index contributed by atoms with van der Waals surface area (Å²) in [6.45, 7) is 13.1. The minimum atomic E-state index is -0.834. The third kappa shape index (κ3) is 9.04. The molecule has 0 bridgehead atoms. The molecule has 1 saturated carbocycles. The van der Waals surface area contributed by atoms with E-state index in [0.29, 0.717) is 12.0 Å². The van der Waals surface area contributed by atoms with Gasteiger partial charge in [-0.2, -0.15) is 0 Å². The number of nitrogens with one attached hydrogen (secondary N) is 2. The van der Waals surface area contributed by atoms with Gasteiger partial charge in [0.25, 0.3) is 0 Å². The van der Waals surface area contributed by atoms with Crippen molar-refractivity contribution in [3.63, 3.8) is 0 Å². The fourth-order valence-corrected chi connectivity index (χ4v) is 4.45. The lowest BCUT2D eigenvalue weighted by atomic mass is 9.94. The number of amides is 3. The first-order chi connectivity index (χ1) is 16.4. The molecule has 3 amide bonds. The Morgan fingerprint density at radius 2 is 1.83 bits per heavy atom. The van der Waals surface area contributed by atoms with Gasteiger partial charge in [0, 0.05) is 13.1 Å². The van der Waals surface area contributed by atoms with E-state index in [0.717, 1.165) is 31.2 Å². The number of ether oxygens (including phenoxy) is 1. The van der Waals surface area contributed by atoms with Crippen molar-refractivity contribution in [3.05, 3.63) is 42.0 Å². The largest absolute Gasteiger partial charge is 0.444 e. The van der Waals surface area contributed by atoms with E-state index in [1.165, 1.54) is 11.3 Å². The highest BCUT2D eigenvalue weighted by Gasteiger charge is 2.35. The molecule has 1 aliphatic carbocycles. The molecule has 0 heterocycles. The molecule has 35 heavy (non-hydrogen) atoms. The molecule has 1 aliphatic rings. The van der Waals surface area contributed by atoms with Crippen molar-refractivity contribution in [1.82, 2.24) is 15.5 Å². The van der Waals surface area contributed by atoms with E-state index in [4.69, 9.17) is 4.74 Å². The molecular weight excluding hydrogens is 442 g/mol. The Hall–Kier alpha value is -2.83. The number of carbonyl (C=O) groups is 3. The monoisotopic (exact) mass is 485 g/mol. The second kappa shape index (κ2) is 12.8. The maximum atomic E-state index is 13.7. The lowest BCUT2D eigenvalue weighted by Crippen LogP contribution is -2.53. The van der Waals surface area contributed by atoms with Gasteiger partial charge in [-0.05, 0) is 63.1 Å². The summed E-state index contributed by atoms with van der Waals surface area (Å²) in [7, 11) is 1.62. The van der Waals surface area contributed by atoms with Crippen LogP contribution in [0.1, 0.15) is 90.3 Å². The zero-order chi connectivity index (χ0) is 26.2. The number of rotatable bonds is 9. The van der Waals surface area contributed by atoms with Gasteiger partial charge in [-0.1, -0.05) is 64.0 Å². The van der Waals surface area contributed by atoms with Crippen LogP contribution in [0.5, 0.6) is 0 Å². The van der Waals surface area contributed by atoms with Crippen molar-refractivity contribution < 1.29 is 19.1 Å². The molecule has 0 spiro atoms. The Morgan fingerprint density at radius 3 is 2.40 bits per heavy atom. The van der Waals surface area contributed by atoms with Crippen LogP contribution >= 0.6 is 0 Å². The van der Waals surface area contributed by atoms with Gasteiger partial charge in [-0.3, -0.25) is 9.59 Å². The topological polar surface area (TPSA) is 87.7 Å². The van der Waals surface area contributed by atoms with Crippen LogP contribution in [0.2, 0.25) is 0 Å². The van der Waals surface area contributed by atoms with E-state index in [-0.39, 0.29) is 23.8 Å². The van der Waals surface area contributed by atoms with Gasteiger partial charge in [-0.15, -0.1) is 0 Å². The summed E-state index contributed by atoms with van der Waals surface area (Å²) in [5.74, 6) is -0.405. The Kier molecular flexibility index (Phi) is 10.3. The van der Waals surface area contributed by atoms with Gasteiger partial charge in [0.15, 0.2) is 0 Å². The predicted octanol–water partition coefficient (Wildman–Crippen LogP) is 5.22. The average Bonchev–Trinajstić information content (AvgIpc) is 2.77. The average molecular weight is 486 g/mol. The third-order valence-electron chi connectivity index (χ3n) is 6.09. The summed E-state index contributed by atoms with van der Waals surface area (Å²) in [5, 5.41) is 5.91. The van der Waals surface area contributed by atoms with E-state index in [2.05, 4.69) is 17.2 Å². The zero-order valence-electron chi connectivity index (χ0n) is 22.2. The summed E-state index contributed by atoms with van der Waals surface area (Å²) in [5.41, 5.74) is 0.881. The molecule has 1 fully saturated rings. The van der Waals surface area contributed by atoms with Crippen LogP contribution in [0.3, 0.4) is 0 Å². The second-order valence-corrected chi connectivity index (χ2v) is 10.9. The number of carbonyl (C=O) groups excluding carboxylic acids is 3. The number of hydrogen-bond acceptors (Lipinski definition) is 4. The summed E-state index contributed by atoms with van der Waals surface area (Å²) in [6.07, 6.45) is 6.74. The molecule has 1 aromatic carbocycles. The van der Waals surface area contributed by atoms with Gasteiger partial charge in [-0.25, -0.2) is 4.79 Å². The minimum absolute atomic E-state index is 0.108. The number of nitrogens with zero attached hydrogens (tertiary/aromatic N) is 1. The van der Waals surface area contributed by atoms with Gasteiger partial charge >= 0.3 is 6.09 Å². The van der Waals surface area contributed by atoms with Crippen LogP contribution < -0.4 is 10.6 Å². The fraction of sp³-hybridized carbons (Fsp3) is 0.607. The first kappa shape index (κ1) is 28.4. The lowest BCUT2D eigenvalue weighted by Gasteiger charge is -2.33. The van der Waals surface area contributed by atoms with Gasteiger partial charge in [0.2, 0.25) is 11.8 Å². The maximum Gasteiger partial charge on any atom is 0.408 e. The van der Waals surface area contributed by atoms with E-state index < -0.39 is 23.8 Å². The van der Waals surface area contributed by atoms with Crippen molar-refractivity contribution in [3.8, 4) is 0 Å². The SMILES string of the molecule is C=Cc1cccc(C(C(=O)NC2CCCCC2)N(C)C(=O)C(CC(C)C)NC(=O)OC(C)(C)C)c1.